The number of carbonyl (C=O) groups is 1. The van der Waals surface area contributed by atoms with Crippen molar-refractivity contribution in [3.63, 3.8) is 0 Å². The van der Waals surface area contributed by atoms with Gasteiger partial charge in [0.05, 0.1) is 5.69 Å². The van der Waals surface area contributed by atoms with Gasteiger partial charge in [0.15, 0.2) is 0 Å². The summed E-state index contributed by atoms with van der Waals surface area (Å²) < 4.78 is 0. The summed E-state index contributed by atoms with van der Waals surface area (Å²) in [4.78, 5) is 25.6. The lowest BCUT2D eigenvalue weighted by Gasteiger charge is -2.11. The summed E-state index contributed by atoms with van der Waals surface area (Å²) >= 11 is 0. The van der Waals surface area contributed by atoms with Gasteiger partial charge in [0.2, 0.25) is 5.95 Å². The van der Waals surface area contributed by atoms with E-state index in [1.165, 1.54) is 0 Å². The van der Waals surface area contributed by atoms with Crippen molar-refractivity contribution >= 4 is 23.2 Å². The van der Waals surface area contributed by atoms with Crippen LogP contribution in [0.2, 0.25) is 0 Å². The number of pyridine rings is 1. The molecule has 0 saturated carbocycles. The van der Waals surface area contributed by atoms with Crippen molar-refractivity contribution in [2.24, 2.45) is 0 Å². The smallest absolute Gasteiger partial charge is 0.255 e. The van der Waals surface area contributed by atoms with Crippen LogP contribution in [-0.4, -0.2) is 20.9 Å². The van der Waals surface area contributed by atoms with Crippen molar-refractivity contribution in [2.45, 2.75) is 6.92 Å². The molecule has 142 valence electrons. The minimum atomic E-state index is -0.177. The van der Waals surface area contributed by atoms with E-state index < -0.39 is 0 Å². The normalized spacial score (nSPS) is 10.4. The van der Waals surface area contributed by atoms with Gasteiger partial charge in [-0.1, -0.05) is 24.3 Å². The second kappa shape index (κ2) is 8.31. The third-order valence-electron chi connectivity index (χ3n) is 4.39. The van der Waals surface area contributed by atoms with E-state index in [2.05, 4.69) is 25.6 Å². The van der Waals surface area contributed by atoms with Gasteiger partial charge >= 0.3 is 0 Å². The molecule has 0 fully saturated rings. The Morgan fingerprint density at radius 3 is 2.59 bits per heavy atom. The zero-order valence-electron chi connectivity index (χ0n) is 15.8. The number of carbonyl (C=O) groups excluding carboxylic acids is 1. The van der Waals surface area contributed by atoms with E-state index in [0.29, 0.717) is 11.5 Å². The molecule has 29 heavy (non-hydrogen) atoms. The third-order valence-corrected chi connectivity index (χ3v) is 4.39. The van der Waals surface area contributed by atoms with Crippen molar-refractivity contribution < 1.29 is 4.79 Å². The van der Waals surface area contributed by atoms with Crippen LogP contribution < -0.4 is 10.6 Å². The highest BCUT2D eigenvalue weighted by Gasteiger charge is 2.10. The Hall–Kier alpha value is -4.06. The number of aromatic nitrogens is 3. The van der Waals surface area contributed by atoms with Crippen LogP contribution in [0.1, 0.15) is 15.9 Å². The molecule has 4 aromatic rings. The summed E-state index contributed by atoms with van der Waals surface area (Å²) in [7, 11) is 0. The van der Waals surface area contributed by atoms with E-state index in [9.17, 15) is 4.79 Å². The molecular formula is C23H19N5O. The molecule has 0 bridgehead atoms. The van der Waals surface area contributed by atoms with Crippen molar-refractivity contribution in [1.29, 1.82) is 0 Å². The van der Waals surface area contributed by atoms with E-state index in [0.717, 1.165) is 28.2 Å². The van der Waals surface area contributed by atoms with E-state index >= 15 is 0 Å². The summed E-state index contributed by atoms with van der Waals surface area (Å²) in [5.41, 5.74) is 4.73. The fraction of sp³-hybridized carbons (Fsp3) is 0.0435. The molecule has 4 rings (SSSR count). The molecule has 2 N–H and O–H groups in total. The molecule has 0 aliphatic heterocycles. The summed E-state index contributed by atoms with van der Waals surface area (Å²) in [6.45, 7) is 1.96. The Kier molecular flexibility index (Phi) is 5.25. The van der Waals surface area contributed by atoms with E-state index in [4.69, 9.17) is 0 Å². The number of para-hydroxylation sites is 1. The quantitative estimate of drug-likeness (QED) is 0.517. The molecule has 1 amide bonds. The number of nitrogens with one attached hydrogen (secondary N) is 2. The number of hydrogen-bond acceptors (Lipinski definition) is 5. The van der Waals surface area contributed by atoms with Gasteiger partial charge in [0.1, 0.15) is 0 Å². The lowest BCUT2D eigenvalue weighted by molar-refractivity contribution is 0.102. The highest BCUT2D eigenvalue weighted by atomic mass is 16.1. The predicted molar refractivity (Wildman–Crippen MR) is 114 cm³/mol. The highest BCUT2D eigenvalue weighted by molar-refractivity contribution is 6.05. The first kappa shape index (κ1) is 18.3. The number of aryl methyl sites for hydroxylation is 1. The Balaban J connectivity index is 1.56. The van der Waals surface area contributed by atoms with Crippen molar-refractivity contribution in [3.8, 4) is 11.3 Å². The van der Waals surface area contributed by atoms with Crippen molar-refractivity contribution in [3.05, 3.63) is 96.4 Å². The average molecular weight is 381 g/mol. The second-order valence-corrected chi connectivity index (χ2v) is 6.48. The molecule has 2 aromatic heterocycles. The average Bonchev–Trinajstić information content (AvgIpc) is 2.77. The maximum absolute atomic E-state index is 12.6. The number of anilines is 3. The Bertz CT molecular complexity index is 1130. The standard InChI is InChI=1S/C23H19N5O/c1-16-9-10-17(22(29)26-19-7-3-2-4-8-19)14-21(16)28-23-25-13-11-20(27-23)18-6-5-12-24-15-18/h2-15H,1H3,(H,26,29)(H,25,27,28). The molecule has 0 atom stereocenters. The molecule has 0 spiro atoms. The fourth-order valence-corrected chi connectivity index (χ4v) is 2.84. The minimum Gasteiger partial charge on any atom is -0.324 e. The second-order valence-electron chi connectivity index (χ2n) is 6.48. The number of benzene rings is 2. The molecule has 6 nitrogen and oxygen atoms in total. The lowest BCUT2D eigenvalue weighted by Crippen LogP contribution is -2.12. The summed E-state index contributed by atoms with van der Waals surface area (Å²) in [6.07, 6.45) is 5.17. The predicted octanol–water partition coefficient (Wildman–Crippen LogP) is 4.84. The first-order valence-electron chi connectivity index (χ1n) is 9.16. The maximum atomic E-state index is 12.6. The number of amides is 1. The van der Waals surface area contributed by atoms with Gasteiger partial charge in [-0.3, -0.25) is 9.78 Å². The topological polar surface area (TPSA) is 79.8 Å². The fourth-order valence-electron chi connectivity index (χ4n) is 2.84. The molecule has 2 heterocycles. The first-order valence-corrected chi connectivity index (χ1v) is 9.16. The Morgan fingerprint density at radius 2 is 1.79 bits per heavy atom. The molecule has 0 saturated heterocycles. The molecule has 0 radical (unpaired) electrons. The van der Waals surface area contributed by atoms with E-state index in [-0.39, 0.29) is 5.91 Å². The third kappa shape index (κ3) is 4.44. The number of hydrogen-bond donors (Lipinski definition) is 2. The van der Waals surface area contributed by atoms with Crippen LogP contribution in [0.25, 0.3) is 11.3 Å². The van der Waals surface area contributed by atoms with Crippen LogP contribution in [0, 0.1) is 6.92 Å². The van der Waals surface area contributed by atoms with Crippen LogP contribution in [0.15, 0.2) is 85.3 Å². The van der Waals surface area contributed by atoms with Crippen LogP contribution in [0.3, 0.4) is 0 Å². The SMILES string of the molecule is Cc1ccc(C(=O)Nc2ccccc2)cc1Nc1nccc(-c2cccnc2)n1. The summed E-state index contributed by atoms with van der Waals surface area (Å²) in [5, 5.41) is 6.11. The van der Waals surface area contributed by atoms with Gasteiger partial charge in [0, 0.05) is 41.1 Å². The van der Waals surface area contributed by atoms with Crippen molar-refractivity contribution in [2.75, 3.05) is 10.6 Å². The van der Waals surface area contributed by atoms with Gasteiger partial charge < -0.3 is 10.6 Å². The zero-order chi connectivity index (χ0) is 20.1. The zero-order valence-corrected chi connectivity index (χ0v) is 15.8. The summed E-state index contributed by atoms with van der Waals surface area (Å²) in [5.74, 6) is 0.277. The van der Waals surface area contributed by atoms with Gasteiger partial charge in [0.25, 0.3) is 5.91 Å². The molecular weight excluding hydrogens is 362 g/mol. The Morgan fingerprint density at radius 1 is 0.931 bits per heavy atom. The van der Waals surface area contributed by atoms with Gasteiger partial charge in [-0.15, -0.1) is 0 Å². The van der Waals surface area contributed by atoms with Gasteiger partial charge in [-0.05, 0) is 55.0 Å². The van der Waals surface area contributed by atoms with Crippen LogP contribution in [0.4, 0.5) is 17.3 Å². The first-order chi connectivity index (χ1) is 14.2. The molecule has 0 unspecified atom stereocenters. The molecule has 2 aromatic carbocycles. The number of rotatable bonds is 5. The van der Waals surface area contributed by atoms with Crippen LogP contribution in [0.5, 0.6) is 0 Å². The van der Waals surface area contributed by atoms with Crippen molar-refractivity contribution in [1.82, 2.24) is 15.0 Å². The maximum Gasteiger partial charge on any atom is 0.255 e. The number of nitrogens with zero attached hydrogens (tertiary/aromatic N) is 3. The highest BCUT2D eigenvalue weighted by Crippen LogP contribution is 2.23. The lowest BCUT2D eigenvalue weighted by atomic mass is 10.1. The Labute approximate surface area is 168 Å². The van der Waals surface area contributed by atoms with Gasteiger partial charge in [-0.25, -0.2) is 9.97 Å². The van der Waals surface area contributed by atoms with Gasteiger partial charge in [-0.2, -0.15) is 0 Å². The molecule has 0 aliphatic carbocycles. The van der Waals surface area contributed by atoms with E-state index in [1.54, 1.807) is 30.7 Å². The van der Waals surface area contributed by atoms with Crippen LogP contribution >= 0.6 is 0 Å². The van der Waals surface area contributed by atoms with Crippen LogP contribution in [-0.2, 0) is 0 Å². The summed E-state index contributed by atoms with van der Waals surface area (Å²) in [6, 6.07) is 20.5. The molecule has 0 aliphatic rings. The minimum absolute atomic E-state index is 0.177. The van der Waals surface area contributed by atoms with E-state index in [1.807, 2.05) is 61.5 Å². The largest absolute Gasteiger partial charge is 0.324 e. The molecule has 6 heteroatoms. The monoisotopic (exact) mass is 381 g/mol.